The summed E-state index contributed by atoms with van der Waals surface area (Å²) in [6.45, 7) is 1.65. The van der Waals surface area contributed by atoms with E-state index in [0.717, 1.165) is 30.1 Å². The number of thiazole rings is 1. The maximum Gasteiger partial charge on any atom is 0.280 e. The van der Waals surface area contributed by atoms with Crippen LogP contribution in [0.1, 0.15) is 39.6 Å². The quantitative estimate of drug-likeness (QED) is 0.376. The minimum atomic E-state index is -1.56. The van der Waals surface area contributed by atoms with Gasteiger partial charge >= 0.3 is 0 Å². The SMILES string of the molecule is CN1CCc2nc(C(=O)N[C@@H]3CC(C(=O)N(C)C)CC[C@@H]3NC(=O)C(O)Nc3ccc(Cl)cn3)sc2C1. The third-order valence-electron chi connectivity index (χ3n) is 6.66. The fraction of sp³-hybridized carbons (Fsp3) is 0.542. The summed E-state index contributed by atoms with van der Waals surface area (Å²) in [5.41, 5.74) is 0.951. The van der Waals surface area contributed by atoms with Gasteiger partial charge in [-0.3, -0.25) is 14.4 Å². The van der Waals surface area contributed by atoms with Crippen LogP contribution < -0.4 is 16.0 Å². The van der Waals surface area contributed by atoms with Gasteiger partial charge < -0.3 is 30.9 Å². The number of pyridine rings is 1. The summed E-state index contributed by atoms with van der Waals surface area (Å²) in [4.78, 5) is 52.0. The second-order valence-corrected chi connectivity index (χ2v) is 11.2. The van der Waals surface area contributed by atoms with Gasteiger partial charge in [0.25, 0.3) is 11.8 Å². The Kier molecular flexibility index (Phi) is 8.63. The molecule has 2 unspecified atom stereocenters. The number of aliphatic hydroxyl groups excluding tert-OH is 1. The van der Waals surface area contributed by atoms with Gasteiger partial charge in [0.1, 0.15) is 5.82 Å². The summed E-state index contributed by atoms with van der Waals surface area (Å²) in [6.07, 6.45) is 2.01. The van der Waals surface area contributed by atoms with Crippen LogP contribution in [0.4, 0.5) is 5.82 Å². The minimum absolute atomic E-state index is 0.0210. The second kappa shape index (κ2) is 11.7. The number of fused-ring (bicyclic) bond motifs is 1. The predicted octanol–water partition coefficient (Wildman–Crippen LogP) is 1.08. The van der Waals surface area contributed by atoms with Crippen LogP contribution in [0.25, 0.3) is 0 Å². The van der Waals surface area contributed by atoms with Gasteiger partial charge in [-0.1, -0.05) is 11.6 Å². The van der Waals surface area contributed by atoms with Gasteiger partial charge in [-0.25, -0.2) is 9.97 Å². The fourth-order valence-corrected chi connectivity index (χ4v) is 5.87. The lowest BCUT2D eigenvalue weighted by Crippen LogP contribution is -2.57. The standard InChI is InChI=1S/C24H32ClN7O4S/c1-31(2)24(36)13-4-6-15(27-20(33)21(34)30-19-7-5-14(25)11-26-19)17(10-13)28-22(35)23-29-16-8-9-32(3)12-18(16)37-23/h5,7,11,13,15,17,21,34H,4,6,8-10,12H2,1-3H3,(H,26,30)(H,27,33)(H,28,35)/t13?,15-,17+,21?/m0/s1. The van der Waals surface area contributed by atoms with Crippen molar-refractivity contribution in [1.82, 2.24) is 30.4 Å². The average molecular weight is 550 g/mol. The number of carbonyl (C=O) groups is 3. The lowest BCUT2D eigenvalue weighted by atomic mass is 9.81. The van der Waals surface area contributed by atoms with Crippen molar-refractivity contribution in [1.29, 1.82) is 0 Å². The lowest BCUT2D eigenvalue weighted by molar-refractivity contribution is -0.134. The molecule has 11 nitrogen and oxygen atoms in total. The highest BCUT2D eigenvalue weighted by molar-refractivity contribution is 7.13. The number of hydrogen-bond donors (Lipinski definition) is 4. The predicted molar refractivity (Wildman–Crippen MR) is 140 cm³/mol. The Morgan fingerprint density at radius 1 is 1.22 bits per heavy atom. The summed E-state index contributed by atoms with van der Waals surface area (Å²) in [5, 5.41) is 19.7. The van der Waals surface area contributed by atoms with Crippen molar-refractivity contribution in [3.05, 3.63) is 38.9 Å². The van der Waals surface area contributed by atoms with Crippen LogP contribution in [-0.4, -0.2) is 88.6 Å². The summed E-state index contributed by atoms with van der Waals surface area (Å²) in [6, 6.07) is 2.15. The van der Waals surface area contributed by atoms with Crippen LogP contribution in [0.3, 0.4) is 0 Å². The monoisotopic (exact) mass is 549 g/mol. The van der Waals surface area contributed by atoms with Gasteiger partial charge in [-0.05, 0) is 38.4 Å². The third-order valence-corrected chi connectivity index (χ3v) is 7.97. The zero-order chi connectivity index (χ0) is 26.7. The van der Waals surface area contributed by atoms with Gasteiger partial charge in [0.05, 0.1) is 16.8 Å². The Labute approximate surface area is 224 Å². The van der Waals surface area contributed by atoms with Crippen LogP contribution in [0.15, 0.2) is 18.3 Å². The van der Waals surface area contributed by atoms with Gasteiger partial charge in [0, 0.05) is 56.6 Å². The normalized spacial score (nSPS) is 22.5. The van der Waals surface area contributed by atoms with Crippen molar-refractivity contribution >= 4 is 46.5 Å². The van der Waals surface area contributed by atoms with Crippen LogP contribution in [0, 0.1) is 5.92 Å². The highest BCUT2D eigenvalue weighted by Gasteiger charge is 2.37. The van der Waals surface area contributed by atoms with Gasteiger partial charge in [0.15, 0.2) is 5.01 Å². The molecule has 0 aromatic carbocycles. The zero-order valence-electron chi connectivity index (χ0n) is 21.0. The first kappa shape index (κ1) is 27.2. The number of rotatable bonds is 7. The largest absolute Gasteiger partial charge is 0.366 e. The Morgan fingerprint density at radius 2 is 2.00 bits per heavy atom. The number of hydrogen-bond acceptors (Lipinski definition) is 9. The van der Waals surface area contributed by atoms with E-state index in [1.165, 1.54) is 17.5 Å². The van der Waals surface area contributed by atoms with Gasteiger partial charge in [-0.2, -0.15) is 0 Å². The van der Waals surface area contributed by atoms with Crippen LogP contribution in [0.2, 0.25) is 5.02 Å². The number of halogens is 1. The van der Waals surface area contributed by atoms with Crippen molar-refractivity contribution in [2.75, 3.05) is 33.0 Å². The Balaban J connectivity index is 1.45. The molecule has 0 spiro atoms. The summed E-state index contributed by atoms with van der Waals surface area (Å²) < 4.78 is 0. The molecule has 2 aromatic rings. The molecular weight excluding hydrogens is 518 g/mol. The molecule has 3 amide bonds. The molecule has 4 atom stereocenters. The first-order valence-corrected chi connectivity index (χ1v) is 13.4. The Bertz CT molecular complexity index is 1140. The number of likely N-dealkylation sites (N-methyl/N-ethyl adjacent to an activating group) is 1. The van der Waals surface area contributed by atoms with Crippen molar-refractivity contribution in [2.45, 2.75) is 50.5 Å². The molecule has 0 bridgehead atoms. The van der Waals surface area contributed by atoms with E-state index in [0.29, 0.717) is 29.3 Å². The first-order chi connectivity index (χ1) is 17.6. The van der Waals surface area contributed by atoms with Crippen molar-refractivity contribution in [2.24, 2.45) is 5.92 Å². The molecule has 1 saturated carbocycles. The summed E-state index contributed by atoms with van der Waals surface area (Å²) >= 11 is 7.21. The number of aromatic nitrogens is 2. The Morgan fingerprint density at radius 3 is 2.70 bits per heavy atom. The number of aliphatic hydroxyl groups is 1. The number of anilines is 1. The molecule has 2 aliphatic rings. The average Bonchev–Trinajstić information content (AvgIpc) is 3.29. The zero-order valence-corrected chi connectivity index (χ0v) is 22.6. The number of carbonyl (C=O) groups excluding carboxylic acids is 3. The molecule has 200 valence electrons. The maximum atomic E-state index is 13.2. The van der Waals surface area contributed by atoms with E-state index in [-0.39, 0.29) is 23.6 Å². The number of nitrogens with one attached hydrogen (secondary N) is 3. The second-order valence-electron chi connectivity index (χ2n) is 9.72. The van der Waals surface area contributed by atoms with Crippen molar-refractivity contribution in [3.8, 4) is 0 Å². The highest BCUT2D eigenvalue weighted by Crippen LogP contribution is 2.28. The lowest BCUT2D eigenvalue weighted by Gasteiger charge is -2.37. The molecule has 1 fully saturated rings. The molecule has 4 N–H and O–H groups in total. The molecule has 13 heteroatoms. The smallest absolute Gasteiger partial charge is 0.280 e. The van der Waals surface area contributed by atoms with E-state index >= 15 is 0 Å². The maximum absolute atomic E-state index is 13.2. The number of nitrogens with zero attached hydrogens (tertiary/aromatic N) is 4. The van der Waals surface area contributed by atoms with E-state index in [4.69, 9.17) is 11.6 Å². The third kappa shape index (κ3) is 6.75. The van der Waals surface area contributed by atoms with Crippen molar-refractivity contribution < 1.29 is 19.5 Å². The summed E-state index contributed by atoms with van der Waals surface area (Å²) in [5.74, 6) is -1.00. The molecule has 0 radical (unpaired) electrons. The van der Waals surface area contributed by atoms with E-state index in [2.05, 4.69) is 30.8 Å². The van der Waals surface area contributed by atoms with Crippen LogP contribution >= 0.6 is 22.9 Å². The molecule has 0 saturated heterocycles. The molecule has 4 rings (SSSR count). The molecule has 2 aromatic heterocycles. The van der Waals surface area contributed by atoms with E-state index in [9.17, 15) is 19.5 Å². The molecule has 3 heterocycles. The minimum Gasteiger partial charge on any atom is -0.366 e. The molecular formula is C24H32ClN7O4S. The molecule has 1 aliphatic carbocycles. The van der Waals surface area contributed by atoms with E-state index < -0.39 is 24.2 Å². The number of amides is 3. The molecule has 1 aliphatic heterocycles. The van der Waals surface area contributed by atoms with E-state index in [1.807, 2.05) is 7.05 Å². The van der Waals surface area contributed by atoms with Crippen molar-refractivity contribution in [3.63, 3.8) is 0 Å². The van der Waals surface area contributed by atoms with Gasteiger partial charge in [0.2, 0.25) is 12.1 Å². The van der Waals surface area contributed by atoms with Gasteiger partial charge in [-0.15, -0.1) is 11.3 Å². The Hall–Kier alpha value is -2.80. The first-order valence-electron chi connectivity index (χ1n) is 12.2. The summed E-state index contributed by atoms with van der Waals surface area (Å²) in [7, 11) is 5.44. The van der Waals surface area contributed by atoms with Crippen LogP contribution in [-0.2, 0) is 22.6 Å². The fourth-order valence-electron chi connectivity index (χ4n) is 4.67. The van der Waals surface area contributed by atoms with E-state index in [1.54, 1.807) is 31.1 Å². The van der Waals surface area contributed by atoms with Crippen LogP contribution in [0.5, 0.6) is 0 Å². The highest BCUT2D eigenvalue weighted by atomic mass is 35.5. The topological polar surface area (TPSA) is 140 Å². The molecule has 37 heavy (non-hydrogen) atoms.